The lowest BCUT2D eigenvalue weighted by Crippen LogP contribution is -2.22. The van der Waals surface area contributed by atoms with Gasteiger partial charge in [-0.25, -0.2) is 0 Å². The molecule has 0 radical (unpaired) electrons. The summed E-state index contributed by atoms with van der Waals surface area (Å²) in [6, 6.07) is 4.74. The van der Waals surface area contributed by atoms with Gasteiger partial charge in [-0.2, -0.15) is 0 Å². The van der Waals surface area contributed by atoms with E-state index in [1.807, 2.05) is 0 Å². The van der Waals surface area contributed by atoms with Crippen LogP contribution in [0.5, 0.6) is 0 Å². The van der Waals surface area contributed by atoms with Gasteiger partial charge in [0.15, 0.2) is 0 Å². The summed E-state index contributed by atoms with van der Waals surface area (Å²) in [6.45, 7) is 10.9. The maximum Gasteiger partial charge on any atom is 0.0200 e. The molecule has 2 aliphatic carbocycles. The predicted octanol–water partition coefficient (Wildman–Crippen LogP) is 7.90. The fourth-order valence-corrected chi connectivity index (χ4v) is 5.97. The highest BCUT2D eigenvalue weighted by atomic mass is 127. The third-order valence-corrected chi connectivity index (χ3v) is 8.08. The summed E-state index contributed by atoms with van der Waals surface area (Å²) < 4.78 is 1.47. The minimum Gasteiger partial charge on any atom is -0.103 e. The number of hydrogen-bond donors (Lipinski definition) is 0. The van der Waals surface area contributed by atoms with Crippen molar-refractivity contribution in [3.8, 4) is 0 Å². The molecule has 0 aromatic heterocycles. The average Bonchev–Trinajstić information content (AvgIpc) is 2.64. The smallest absolute Gasteiger partial charge is 0.0200 e. The molecule has 0 heterocycles. The first-order valence-electron chi connectivity index (χ1n) is 10.1. The highest BCUT2D eigenvalue weighted by molar-refractivity contribution is 14.1. The molecule has 1 aromatic carbocycles. The second kappa shape index (κ2) is 8.41. The van der Waals surface area contributed by atoms with Crippen LogP contribution in [-0.4, -0.2) is 0 Å². The molecule has 1 saturated carbocycles. The van der Waals surface area contributed by atoms with Gasteiger partial charge < -0.3 is 0 Å². The third-order valence-electron chi connectivity index (χ3n) is 6.65. The zero-order valence-electron chi connectivity index (χ0n) is 16.2. The Kier molecular flexibility index (Phi) is 6.46. The Labute approximate surface area is 168 Å². The van der Waals surface area contributed by atoms with E-state index in [0.717, 1.165) is 17.8 Å². The van der Waals surface area contributed by atoms with E-state index in [9.17, 15) is 0 Å². The zero-order valence-corrected chi connectivity index (χ0v) is 18.3. The molecule has 136 valence electrons. The van der Waals surface area contributed by atoms with Gasteiger partial charge in [-0.3, -0.25) is 0 Å². The second-order valence-electron chi connectivity index (χ2n) is 8.47. The molecule has 1 atom stereocenters. The van der Waals surface area contributed by atoms with Gasteiger partial charge in [-0.15, -0.1) is 6.58 Å². The molecule has 0 bridgehead atoms. The number of halogens is 1. The Morgan fingerprint density at radius 1 is 1.08 bits per heavy atom. The SMILES string of the molecule is C=CC1CCC(C2CC=C(c3ccc(C(C)C)c(I)c3C)CC2)CC1. The first-order chi connectivity index (χ1) is 12.0. The van der Waals surface area contributed by atoms with Crippen LogP contribution in [0, 0.1) is 28.2 Å². The largest absolute Gasteiger partial charge is 0.103 e. The zero-order chi connectivity index (χ0) is 18.0. The Hall–Kier alpha value is -0.570. The van der Waals surface area contributed by atoms with Gasteiger partial charge in [0.1, 0.15) is 0 Å². The van der Waals surface area contributed by atoms with Crippen LogP contribution >= 0.6 is 22.6 Å². The van der Waals surface area contributed by atoms with Gasteiger partial charge in [-0.1, -0.05) is 38.1 Å². The first kappa shape index (κ1) is 19.2. The molecule has 25 heavy (non-hydrogen) atoms. The van der Waals surface area contributed by atoms with Crippen molar-refractivity contribution in [2.75, 3.05) is 0 Å². The number of allylic oxidation sites excluding steroid dienone is 3. The lowest BCUT2D eigenvalue weighted by atomic mass is 9.71. The Morgan fingerprint density at radius 3 is 2.36 bits per heavy atom. The van der Waals surface area contributed by atoms with Crippen LogP contribution in [0.15, 0.2) is 30.9 Å². The molecule has 1 unspecified atom stereocenters. The van der Waals surface area contributed by atoms with E-state index >= 15 is 0 Å². The summed E-state index contributed by atoms with van der Waals surface area (Å²) in [6.07, 6.45) is 14.3. The normalized spacial score (nSPS) is 27.2. The van der Waals surface area contributed by atoms with Crippen LogP contribution < -0.4 is 0 Å². The molecular weight excluding hydrogens is 415 g/mol. The van der Waals surface area contributed by atoms with Crippen LogP contribution in [0.25, 0.3) is 5.57 Å². The highest BCUT2D eigenvalue weighted by Gasteiger charge is 2.28. The Morgan fingerprint density at radius 2 is 1.80 bits per heavy atom. The van der Waals surface area contributed by atoms with Gasteiger partial charge in [0.05, 0.1) is 0 Å². The van der Waals surface area contributed by atoms with Crippen molar-refractivity contribution in [3.63, 3.8) is 0 Å². The molecule has 0 aliphatic heterocycles. The van der Waals surface area contributed by atoms with E-state index in [0.29, 0.717) is 5.92 Å². The molecule has 0 saturated heterocycles. The first-order valence-corrected chi connectivity index (χ1v) is 11.2. The second-order valence-corrected chi connectivity index (χ2v) is 9.55. The van der Waals surface area contributed by atoms with Crippen molar-refractivity contribution in [1.29, 1.82) is 0 Å². The molecule has 3 rings (SSSR count). The van der Waals surface area contributed by atoms with E-state index in [1.165, 1.54) is 65.2 Å². The van der Waals surface area contributed by atoms with Crippen LogP contribution in [0.4, 0.5) is 0 Å². The van der Waals surface area contributed by atoms with Gasteiger partial charge in [0.2, 0.25) is 0 Å². The standard InChI is InChI=1S/C24H33I/c1-5-18-6-8-19(9-7-18)20-10-12-21(13-11-20)23-15-14-22(16(2)3)24(25)17(23)4/h5,12,14-16,18-20H,1,6-11,13H2,2-4H3. The molecule has 1 aromatic rings. The van der Waals surface area contributed by atoms with Gasteiger partial charge in [-0.05, 0) is 120 Å². The number of benzene rings is 1. The Bertz CT molecular complexity index is 644. The fraction of sp³-hybridized carbons (Fsp3) is 0.583. The molecule has 1 heteroatoms. The van der Waals surface area contributed by atoms with Crippen LogP contribution in [0.2, 0.25) is 0 Å². The molecule has 0 N–H and O–H groups in total. The van der Waals surface area contributed by atoms with E-state index in [2.05, 4.69) is 74.2 Å². The topological polar surface area (TPSA) is 0 Å². The monoisotopic (exact) mass is 448 g/mol. The highest BCUT2D eigenvalue weighted by Crippen LogP contribution is 2.42. The van der Waals surface area contributed by atoms with E-state index < -0.39 is 0 Å². The quantitative estimate of drug-likeness (QED) is 0.324. The number of hydrogen-bond acceptors (Lipinski definition) is 0. The van der Waals surface area contributed by atoms with Crippen LogP contribution in [-0.2, 0) is 0 Å². The summed E-state index contributed by atoms with van der Waals surface area (Å²) in [7, 11) is 0. The van der Waals surface area contributed by atoms with E-state index in [-0.39, 0.29) is 0 Å². The molecule has 0 spiro atoms. The molecule has 0 amide bonds. The van der Waals surface area contributed by atoms with Gasteiger partial charge in [0, 0.05) is 3.57 Å². The van der Waals surface area contributed by atoms with Crippen molar-refractivity contribution >= 4 is 28.2 Å². The molecular formula is C24H33I. The molecule has 1 fully saturated rings. The summed E-state index contributed by atoms with van der Waals surface area (Å²) in [5.74, 6) is 3.27. The van der Waals surface area contributed by atoms with Crippen molar-refractivity contribution in [2.45, 2.75) is 71.6 Å². The fourth-order valence-electron chi connectivity index (χ4n) is 4.88. The average molecular weight is 448 g/mol. The number of rotatable bonds is 4. The lowest BCUT2D eigenvalue weighted by Gasteiger charge is -2.35. The predicted molar refractivity (Wildman–Crippen MR) is 119 cm³/mol. The van der Waals surface area contributed by atoms with Gasteiger partial charge >= 0.3 is 0 Å². The van der Waals surface area contributed by atoms with Crippen molar-refractivity contribution in [3.05, 3.63) is 51.1 Å². The van der Waals surface area contributed by atoms with Crippen molar-refractivity contribution < 1.29 is 0 Å². The van der Waals surface area contributed by atoms with Crippen molar-refractivity contribution in [2.24, 2.45) is 17.8 Å². The van der Waals surface area contributed by atoms with E-state index in [4.69, 9.17) is 0 Å². The maximum absolute atomic E-state index is 3.99. The van der Waals surface area contributed by atoms with E-state index in [1.54, 1.807) is 5.57 Å². The van der Waals surface area contributed by atoms with Gasteiger partial charge in [0.25, 0.3) is 0 Å². The summed E-state index contributed by atoms with van der Waals surface area (Å²) >= 11 is 2.55. The summed E-state index contributed by atoms with van der Waals surface area (Å²) in [5.41, 5.74) is 6.09. The minimum atomic E-state index is 0.607. The third kappa shape index (κ3) is 4.23. The summed E-state index contributed by atoms with van der Waals surface area (Å²) in [4.78, 5) is 0. The maximum atomic E-state index is 3.99. The molecule has 2 aliphatic rings. The van der Waals surface area contributed by atoms with Crippen LogP contribution in [0.3, 0.4) is 0 Å². The van der Waals surface area contributed by atoms with Crippen LogP contribution in [0.1, 0.15) is 81.4 Å². The summed E-state index contributed by atoms with van der Waals surface area (Å²) in [5, 5.41) is 0. The lowest BCUT2D eigenvalue weighted by molar-refractivity contribution is 0.212. The van der Waals surface area contributed by atoms with Crippen molar-refractivity contribution in [1.82, 2.24) is 0 Å². The minimum absolute atomic E-state index is 0.607. The molecule has 0 nitrogen and oxygen atoms in total. The Balaban J connectivity index is 1.69.